The standard InChI is InChI=1S/C15H28.2H2/c1-3-13-6-10-15(11-7-13)14-8-4-12(2)5-9-14;;/h12-15H,3-11H2,1-2H3;2*1H. The summed E-state index contributed by atoms with van der Waals surface area (Å²) in [4.78, 5) is 0. The van der Waals surface area contributed by atoms with E-state index in [2.05, 4.69) is 13.8 Å². The molecule has 0 aromatic rings. The minimum absolute atomic E-state index is 0. The van der Waals surface area contributed by atoms with Gasteiger partial charge in [-0.1, -0.05) is 46.0 Å². The van der Waals surface area contributed by atoms with Gasteiger partial charge in [0.05, 0.1) is 0 Å². The van der Waals surface area contributed by atoms with Gasteiger partial charge in [0, 0.05) is 2.85 Å². The molecule has 0 atom stereocenters. The molecule has 0 aromatic heterocycles. The second-order valence-electron chi connectivity index (χ2n) is 6.21. The fraction of sp³-hybridized carbons (Fsp3) is 1.00. The van der Waals surface area contributed by atoms with E-state index in [0.29, 0.717) is 0 Å². The number of hydrogen-bond donors (Lipinski definition) is 0. The van der Waals surface area contributed by atoms with Crippen molar-refractivity contribution in [2.45, 2.75) is 71.6 Å². The Bertz CT molecular complexity index is 177. The summed E-state index contributed by atoms with van der Waals surface area (Å²) in [6.07, 6.45) is 13.7. The fourth-order valence-corrected chi connectivity index (χ4v) is 3.83. The Kier molecular flexibility index (Phi) is 4.11. The van der Waals surface area contributed by atoms with Crippen LogP contribution < -0.4 is 0 Å². The first-order chi connectivity index (χ1) is 7.29. The van der Waals surface area contributed by atoms with Crippen LogP contribution in [0.4, 0.5) is 0 Å². The van der Waals surface area contributed by atoms with E-state index >= 15 is 0 Å². The molecule has 0 aliphatic heterocycles. The first kappa shape index (κ1) is 11.5. The van der Waals surface area contributed by atoms with Crippen molar-refractivity contribution in [2.75, 3.05) is 0 Å². The van der Waals surface area contributed by atoms with Gasteiger partial charge in [-0.05, 0) is 49.4 Å². The third-order valence-corrected chi connectivity index (χ3v) is 5.20. The van der Waals surface area contributed by atoms with Crippen molar-refractivity contribution in [3.8, 4) is 0 Å². The molecule has 0 radical (unpaired) electrons. The number of hydrogen-bond acceptors (Lipinski definition) is 0. The lowest BCUT2D eigenvalue weighted by atomic mass is 9.69. The van der Waals surface area contributed by atoms with Crippen molar-refractivity contribution in [3.05, 3.63) is 0 Å². The summed E-state index contributed by atoms with van der Waals surface area (Å²) in [7, 11) is 0. The van der Waals surface area contributed by atoms with E-state index in [4.69, 9.17) is 0 Å². The van der Waals surface area contributed by atoms with Gasteiger partial charge in [-0.25, -0.2) is 0 Å². The molecule has 0 saturated heterocycles. The van der Waals surface area contributed by atoms with Crippen LogP contribution in [0.15, 0.2) is 0 Å². The van der Waals surface area contributed by atoms with E-state index in [0.717, 1.165) is 23.7 Å². The van der Waals surface area contributed by atoms with Gasteiger partial charge < -0.3 is 0 Å². The second-order valence-corrected chi connectivity index (χ2v) is 6.21. The SMILES string of the molecule is CCC1CCC(C2CCC(C)CC2)CC1.[HH].[HH]. The lowest BCUT2D eigenvalue weighted by Crippen LogP contribution is -2.25. The van der Waals surface area contributed by atoms with E-state index in [1.807, 2.05) is 0 Å². The van der Waals surface area contributed by atoms with Crippen LogP contribution in [0.3, 0.4) is 0 Å². The molecule has 0 nitrogen and oxygen atoms in total. The first-order valence-corrected chi connectivity index (χ1v) is 7.29. The molecule has 2 rings (SSSR count). The predicted molar refractivity (Wildman–Crippen MR) is 71.1 cm³/mol. The molecule has 0 unspecified atom stereocenters. The molecule has 0 spiro atoms. The van der Waals surface area contributed by atoms with E-state index in [1.54, 1.807) is 25.7 Å². The summed E-state index contributed by atoms with van der Waals surface area (Å²) in [5.41, 5.74) is 0. The third-order valence-electron chi connectivity index (χ3n) is 5.20. The highest BCUT2D eigenvalue weighted by atomic mass is 14.3. The third kappa shape index (κ3) is 2.98. The van der Waals surface area contributed by atoms with E-state index in [9.17, 15) is 0 Å². The monoisotopic (exact) mass is 212 g/mol. The van der Waals surface area contributed by atoms with Gasteiger partial charge in [-0.15, -0.1) is 0 Å². The summed E-state index contributed by atoms with van der Waals surface area (Å²) >= 11 is 0. The summed E-state index contributed by atoms with van der Waals surface area (Å²) in [6, 6.07) is 0. The normalized spacial score (nSPS) is 42.8. The van der Waals surface area contributed by atoms with Crippen LogP contribution in [0, 0.1) is 23.7 Å². The van der Waals surface area contributed by atoms with Gasteiger partial charge >= 0.3 is 0 Å². The molecule has 0 N–H and O–H groups in total. The van der Waals surface area contributed by atoms with Crippen molar-refractivity contribution in [2.24, 2.45) is 23.7 Å². The molecule has 2 fully saturated rings. The van der Waals surface area contributed by atoms with Crippen LogP contribution in [-0.4, -0.2) is 0 Å². The molecule has 0 bridgehead atoms. The molecule has 0 heterocycles. The average Bonchev–Trinajstić information content (AvgIpc) is 2.30. The van der Waals surface area contributed by atoms with Crippen LogP contribution in [0.5, 0.6) is 0 Å². The zero-order valence-corrected chi connectivity index (χ0v) is 10.7. The highest BCUT2D eigenvalue weighted by molar-refractivity contribution is 4.80. The number of rotatable bonds is 2. The quantitative estimate of drug-likeness (QED) is 0.565. The van der Waals surface area contributed by atoms with Crippen molar-refractivity contribution in [1.82, 2.24) is 0 Å². The highest BCUT2D eigenvalue weighted by Gasteiger charge is 2.29. The Morgan fingerprint density at radius 3 is 1.73 bits per heavy atom. The Morgan fingerprint density at radius 1 is 0.800 bits per heavy atom. The van der Waals surface area contributed by atoms with Crippen LogP contribution >= 0.6 is 0 Å². The molecule has 2 saturated carbocycles. The van der Waals surface area contributed by atoms with E-state index in [1.165, 1.54) is 32.1 Å². The zero-order chi connectivity index (χ0) is 10.7. The molecule has 2 aliphatic rings. The van der Waals surface area contributed by atoms with Crippen LogP contribution in [0.1, 0.15) is 74.5 Å². The summed E-state index contributed by atoms with van der Waals surface area (Å²) in [5.74, 6) is 4.32. The Labute approximate surface area is 98.8 Å². The molecule has 0 aromatic carbocycles. The van der Waals surface area contributed by atoms with Gasteiger partial charge in [0.1, 0.15) is 0 Å². The van der Waals surface area contributed by atoms with Crippen LogP contribution in [0.25, 0.3) is 0 Å². The first-order valence-electron chi connectivity index (χ1n) is 7.29. The summed E-state index contributed by atoms with van der Waals surface area (Å²) in [5, 5.41) is 0. The van der Waals surface area contributed by atoms with Crippen molar-refractivity contribution in [3.63, 3.8) is 0 Å². The Hall–Kier alpha value is 0. The molecule has 15 heavy (non-hydrogen) atoms. The minimum atomic E-state index is 0. The van der Waals surface area contributed by atoms with E-state index in [-0.39, 0.29) is 2.85 Å². The summed E-state index contributed by atoms with van der Waals surface area (Å²) < 4.78 is 0. The average molecular weight is 212 g/mol. The molecular weight excluding hydrogens is 180 g/mol. The summed E-state index contributed by atoms with van der Waals surface area (Å²) in [6.45, 7) is 4.80. The smallest absolute Gasteiger partial charge is 0 e. The molecule has 0 heteroatoms. The molecular formula is C15H32. The van der Waals surface area contributed by atoms with Crippen molar-refractivity contribution < 1.29 is 2.85 Å². The Balaban J connectivity index is 0.00000128. The van der Waals surface area contributed by atoms with Crippen LogP contribution in [-0.2, 0) is 0 Å². The van der Waals surface area contributed by atoms with Gasteiger partial charge in [0.2, 0.25) is 0 Å². The maximum Gasteiger partial charge on any atom is 0 e. The molecule has 92 valence electrons. The maximum atomic E-state index is 2.43. The topological polar surface area (TPSA) is 0 Å². The van der Waals surface area contributed by atoms with Gasteiger partial charge in [0.15, 0.2) is 0 Å². The molecule has 2 aliphatic carbocycles. The fourth-order valence-electron chi connectivity index (χ4n) is 3.83. The van der Waals surface area contributed by atoms with Crippen molar-refractivity contribution >= 4 is 0 Å². The van der Waals surface area contributed by atoms with E-state index < -0.39 is 0 Å². The van der Waals surface area contributed by atoms with Gasteiger partial charge in [-0.3, -0.25) is 0 Å². The largest absolute Gasteiger partial charge is 0.0651 e. The lowest BCUT2D eigenvalue weighted by molar-refractivity contribution is 0.149. The van der Waals surface area contributed by atoms with Crippen molar-refractivity contribution in [1.29, 1.82) is 0 Å². The molecule has 0 amide bonds. The Morgan fingerprint density at radius 2 is 1.27 bits per heavy atom. The van der Waals surface area contributed by atoms with Gasteiger partial charge in [0.25, 0.3) is 0 Å². The maximum absolute atomic E-state index is 2.43. The predicted octanol–water partition coefficient (Wildman–Crippen LogP) is 5.52. The second kappa shape index (κ2) is 5.37. The zero-order valence-electron chi connectivity index (χ0n) is 10.7. The highest BCUT2D eigenvalue weighted by Crippen LogP contribution is 2.41. The minimum Gasteiger partial charge on any atom is -0.0651 e. The lowest BCUT2D eigenvalue weighted by Gasteiger charge is -2.37. The van der Waals surface area contributed by atoms with Gasteiger partial charge in [-0.2, -0.15) is 0 Å². The van der Waals surface area contributed by atoms with Crippen LogP contribution in [0.2, 0.25) is 0 Å².